The molecule has 0 radical (unpaired) electrons. The molecule has 3 aromatic rings. The van der Waals surface area contributed by atoms with E-state index in [-0.39, 0.29) is 10.6 Å². The first kappa shape index (κ1) is 18.3. The Morgan fingerprint density at radius 1 is 0.963 bits per heavy atom. The highest BCUT2D eigenvalue weighted by atomic mass is 32.2. The molecular formula is C19H15N3O4S. The molecule has 0 spiro atoms. The van der Waals surface area contributed by atoms with Gasteiger partial charge in [-0.3, -0.25) is 9.78 Å². The molecule has 1 amide bonds. The normalized spacial score (nSPS) is 11.3. The summed E-state index contributed by atoms with van der Waals surface area (Å²) >= 11 is 0. The van der Waals surface area contributed by atoms with Crippen molar-refractivity contribution in [1.82, 2.24) is 10.4 Å². The molecule has 0 aliphatic rings. The molecule has 0 saturated carbocycles. The van der Waals surface area contributed by atoms with Crippen molar-refractivity contribution in [3.8, 4) is 5.75 Å². The van der Waals surface area contributed by atoms with Gasteiger partial charge in [-0.15, -0.1) is 0 Å². The molecule has 0 bridgehead atoms. The van der Waals surface area contributed by atoms with Crippen LogP contribution in [-0.2, 0) is 10.1 Å². The number of hydrogen-bond acceptors (Lipinski definition) is 6. The van der Waals surface area contributed by atoms with Crippen molar-refractivity contribution in [2.75, 3.05) is 0 Å². The molecular weight excluding hydrogens is 366 g/mol. The molecule has 7 nitrogen and oxygen atoms in total. The van der Waals surface area contributed by atoms with Crippen LogP contribution in [0.2, 0.25) is 0 Å². The Balaban J connectivity index is 1.75. The Kier molecular flexibility index (Phi) is 5.58. The lowest BCUT2D eigenvalue weighted by molar-refractivity contribution is 0.0955. The summed E-state index contributed by atoms with van der Waals surface area (Å²) in [6.07, 6.45) is 4.31. The van der Waals surface area contributed by atoms with E-state index in [1.165, 1.54) is 36.8 Å². The number of rotatable bonds is 6. The van der Waals surface area contributed by atoms with Crippen molar-refractivity contribution < 1.29 is 17.4 Å². The van der Waals surface area contributed by atoms with Crippen molar-refractivity contribution in [2.24, 2.45) is 5.10 Å². The van der Waals surface area contributed by atoms with E-state index >= 15 is 0 Å². The van der Waals surface area contributed by atoms with Gasteiger partial charge in [0.25, 0.3) is 5.91 Å². The maximum absolute atomic E-state index is 12.4. The molecule has 1 heterocycles. The van der Waals surface area contributed by atoms with E-state index in [4.69, 9.17) is 4.18 Å². The van der Waals surface area contributed by atoms with Gasteiger partial charge in [0.15, 0.2) is 5.75 Å². The molecule has 1 N–H and O–H groups in total. The number of aromatic nitrogens is 1. The second kappa shape index (κ2) is 8.24. The molecule has 0 atom stereocenters. The number of nitrogens with zero attached hydrogens (tertiary/aromatic N) is 2. The second-order valence-electron chi connectivity index (χ2n) is 5.32. The van der Waals surface area contributed by atoms with Gasteiger partial charge in [0, 0.05) is 23.5 Å². The van der Waals surface area contributed by atoms with E-state index in [0.717, 1.165) is 0 Å². The van der Waals surface area contributed by atoms with Gasteiger partial charge in [-0.1, -0.05) is 30.3 Å². The lowest BCUT2D eigenvalue weighted by Crippen LogP contribution is -2.17. The molecule has 0 aliphatic heterocycles. The number of benzene rings is 2. The van der Waals surface area contributed by atoms with Crippen LogP contribution in [0.15, 0.2) is 89.1 Å². The number of hydrazone groups is 1. The fraction of sp³-hybridized carbons (Fsp3) is 0. The lowest BCUT2D eigenvalue weighted by atomic mass is 10.2. The predicted molar refractivity (Wildman–Crippen MR) is 100.0 cm³/mol. The fourth-order valence-electron chi connectivity index (χ4n) is 2.14. The molecule has 2 aromatic carbocycles. The minimum atomic E-state index is -3.98. The fourth-order valence-corrected chi connectivity index (χ4v) is 3.12. The molecule has 0 aliphatic carbocycles. The zero-order chi connectivity index (χ0) is 19.1. The molecule has 3 rings (SSSR count). The van der Waals surface area contributed by atoms with E-state index in [0.29, 0.717) is 11.1 Å². The Morgan fingerprint density at radius 2 is 1.63 bits per heavy atom. The topological polar surface area (TPSA) is 97.7 Å². The third-order valence-corrected chi connectivity index (χ3v) is 4.71. The van der Waals surface area contributed by atoms with Crippen LogP contribution in [0.25, 0.3) is 0 Å². The average molecular weight is 381 g/mol. The number of pyridine rings is 1. The molecule has 136 valence electrons. The van der Waals surface area contributed by atoms with Gasteiger partial charge in [0.05, 0.1) is 6.21 Å². The average Bonchev–Trinajstić information content (AvgIpc) is 2.70. The lowest BCUT2D eigenvalue weighted by Gasteiger charge is -2.09. The predicted octanol–water partition coefficient (Wildman–Crippen LogP) is 2.61. The number of hydrogen-bond donors (Lipinski definition) is 1. The summed E-state index contributed by atoms with van der Waals surface area (Å²) in [5, 5.41) is 3.86. The summed E-state index contributed by atoms with van der Waals surface area (Å²) in [5.41, 5.74) is 3.16. The van der Waals surface area contributed by atoms with Crippen LogP contribution in [0.5, 0.6) is 5.75 Å². The van der Waals surface area contributed by atoms with Gasteiger partial charge in [0.1, 0.15) is 4.90 Å². The monoisotopic (exact) mass is 381 g/mol. The smallest absolute Gasteiger partial charge is 0.339 e. The SMILES string of the molecule is O=C(N/N=C\c1ccccc1OS(=O)(=O)c1ccccc1)c1ccncc1. The molecule has 0 fully saturated rings. The van der Waals surface area contributed by atoms with Gasteiger partial charge < -0.3 is 4.18 Å². The largest absolute Gasteiger partial charge is 0.378 e. The number of amides is 1. The summed E-state index contributed by atoms with van der Waals surface area (Å²) in [5.74, 6) is -0.313. The van der Waals surface area contributed by atoms with Gasteiger partial charge in [-0.25, -0.2) is 5.43 Å². The Bertz CT molecular complexity index is 1050. The number of para-hydroxylation sites is 1. The molecule has 0 unspecified atom stereocenters. The summed E-state index contributed by atoms with van der Waals surface area (Å²) < 4.78 is 30.0. The second-order valence-corrected chi connectivity index (χ2v) is 6.87. The van der Waals surface area contributed by atoms with Gasteiger partial charge >= 0.3 is 10.1 Å². The molecule has 0 saturated heterocycles. The summed E-state index contributed by atoms with van der Waals surface area (Å²) in [6.45, 7) is 0. The Hall–Kier alpha value is -3.52. The summed E-state index contributed by atoms with van der Waals surface area (Å²) in [4.78, 5) is 15.8. The molecule has 27 heavy (non-hydrogen) atoms. The summed E-state index contributed by atoms with van der Waals surface area (Å²) in [7, 11) is -3.98. The van der Waals surface area contributed by atoms with E-state index in [2.05, 4.69) is 15.5 Å². The van der Waals surface area contributed by atoms with E-state index in [1.54, 1.807) is 48.5 Å². The minimum Gasteiger partial charge on any atom is -0.378 e. The van der Waals surface area contributed by atoms with Gasteiger partial charge in [0.2, 0.25) is 0 Å². The highest BCUT2D eigenvalue weighted by molar-refractivity contribution is 7.87. The van der Waals surface area contributed by atoms with Gasteiger partial charge in [-0.05, 0) is 36.4 Å². The third-order valence-electron chi connectivity index (χ3n) is 3.46. The quantitative estimate of drug-likeness (QED) is 0.402. The van der Waals surface area contributed by atoms with E-state index < -0.39 is 16.0 Å². The van der Waals surface area contributed by atoms with Crippen LogP contribution in [0, 0.1) is 0 Å². The number of carbonyl (C=O) groups excluding carboxylic acids is 1. The summed E-state index contributed by atoms with van der Waals surface area (Å²) in [6, 6.07) is 17.4. The zero-order valence-corrected chi connectivity index (χ0v) is 14.8. The first-order valence-corrected chi connectivity index (χ1v) is 9.29. The van der Waals surface area contributed by atoms with Crippen molar-refractivity contribution >= 4 is 22.2 Å². The van der Waals surface area contributed by atoms with E-state index in [1.807, 2.05) is 0 Å². The third kappa shape index (κ3) is 4.77. The van der Waals surface area contributed by atoms with E-state index in [9.17, 15) is 13.2 Å². The first-order valence-electron chi connectivity index (χ1n) is 7.88. The molecule has 8 heteroatoms. The van der Waals surface area contributed by atoms with Crippen LogP contribution < -0.4 is 9.61 Å². The van der Waals surface area contributed by atoms with Crippen molar-refractivity contribution in [3.63, 3.8) is 0 Å². The van der Waals surface area contributed by atoms with Crippen LogP contribution in [0.1, 0.15) is 15.9 Å². The highest BCUT2D eigenvalue weighted by Gasteiger charge is 2.17. The number of carbonyl (C=O) groups is 1. The minimum absolute atomic E-state index is 0.0442. The van der Waals surface area contributed by atoms with Crippen LogP contribution in [0.4, 0.5) is 0 Å². The first-order chi connectivity index (χ1) is 13.1. The Labute approximate surface area is 156 Å². The highest BCUT2D eigenvalue weighted by Crippen LogP contribution is 2.21. The Morgan fingerprint density at radius 3 is 2.37 bits per heavy atom. The molecule has 1 aromatic heterocycles. The number of nitrogens with one attached hydrogen (secondary N) is 1. The van der Waals surface area contributed by atoms with Gasteiger partial charge in [-0.2, -0.15) is 13.5 Å². The van der Waals surface area contributed by atoms with Crippen LogP contribution >= 0.6 is 0 Å². The van der Waals surface area contributed by atoms with Crippen molar-refractivity contribution in [1.29, 1.82) is 0 Å². The maximum atomic E-state index is 12.4. The van der Waals surface area contributed by atoms with Crippen molar-refractivity contribution in [2.45, 2.75) is 4.90 Å². The van der Waals surface area contributed by atoms with Crippen LogP contribution in [-0.4, -0.2) is 25.5 Å². The standard InChI is InChI=1S/C19H15N3O4S/c23-19(15-10-12-20-13-11-15)22-21-14-16-6-4-5-9-18(16)26-27(24,25)17-7-2-1-3-8-17/h1-14H,(H,22,23)/b21-14-. The van der Waals surface area contributed by atoms with Crippen LogP contribution in [0.3, 0.4) is 0 Å². The maximum Gasteiger partial charge on any atom is 0.339 e. The van der Waals surface area contributed by atoms with Crippen molar-refractivity contribution in [3.05, 3.63) is 90.3 Å². The zero-order valence-electron chi connectivity index (χ0n) is 14.0.